The summed E-state index contributed by atoms with van der Waals surface area (Å²) < 4.78 is 17.1. The lowest BCUT2D eigenvalue weighted by Crippen LogP contribution is -2.19. The van der Waals surface area contributed by atoms with E-state index in [0.717, 1.165) is 24.1 Å². The fraction of sp³-hybridized carbons (Fsp3) is 0.263. The van der Waals surface area contributed by atoms with Gasteiger partial charge in [-0.2, -0.15) is 0 Å². The first-order valence-corrected chi connectivity index (χ1v) is 8.79. The van der Waals surface area contributed by atoms with Gasteiger partial charge in [0.1, 0.15) is 17.0 Å². The average Bonchev–Trinajstić information content (AvgIpc) is 2.62. The molecule has 4 nitrogen and oxygen atoms in total. The molecule has 5 heteroatoms. The lowest BCUT2D eigenvalue weighted by atomic mass is 10.0. The van der Waals surface area contributed by atoms with Crippen molar-refractivity contribution in [3.63, 3.8) is 0 Å². The molecule has 0 radical (unpaired) electrons. The normalized spacial score (nSPS) is 12.9. The van der Waals surface area contributed by atoms with Gasteiger partial charge in [0.05, 0.1) is 0 Å². The maximum atomic E-state index is 11.4. The molecule has 2 aromatic carbocycles. The summed E-state index contributed by atoms with van der Waals surface area (Å²) in [5.74, 6) is 0.697. The average molecular weight is 341 g/mol. The molecule has 0 fully saturated rings. The lowest BCUT2D eigenvalue weighted by Gasteiger charge is -2.17. The van der Waals surface area contributed by atoms with Crippen molar-refractivity contribution in [1.29, 1.82) is 0 Å². The zero-order chi connectivity index (χ0) is 16.8. The molecule has 2 aromatic rings. The number of hydrogen-bond acceptors (Lipinski definition) is 3. The predicted molar refractivity (Wildman–Crippen MR) is 96.6 cm³/mol. The van der Waals surface area contributed by atoms with Gasteiger partial charge < -0.3 is 10.1 Å². The number of fused-ring (bicyclic) bond motifs is 1. The third kappa shape index (κ3) is 4.32. The van der Waals surface area contributed by atoms with Crippen LogP contribution < -0.4 is 10.1 Å². The van der Waals surface area contributed by atoms with E-state index in [1.165, 1.54) is 5.56 Å². The zero-order valence-electron chi connectivity index (χ0n) is 13.3. The highest BCUT2D eigenvalue weighted by atomic mass is 32.1. The number of nitrogens with one attached hydrogen (secondary N) is 1. The summed E-state index contributed by atoms with van der Waals surface area (Å²) in [5.41, 5.74) is 3.14. The largest absolute Gasteiger partial charge is 0.448 e. The second-order valence-electron chi connectivity index (χ2n) is 5.76. The van der Waals surface area contributed by atoms with Crippen molar-refractivity contribution in [2.24, 2.45) is 0 Å². The van der Waals surface area contributed by atoms with Crippen LogP contribution in [0.4, 0.5) is 5.69 Å². The monoisotopic (exact) mass is 341 g/mol. The highest BCUT2D eigenvalue weighted by Gasteiger charge is 2.15. The van der Waals surface area contributed by atoms with Gasteiger partial charge in [-0.25, -0.2) is 4.21 Å². The number of amides is 1. The molecule has 1 N–H and O–H groups in total. The van der Waals surface area contributed by atoms with E-state index in [0.29, 0.717) is 41.3 Å². The lowest BCUT2D eigenvalue weighted by molar-refractivity contribution is -0.116. The van der Waals surface area contributed by atoms with E-state index < -0.39 is 0 Å². The predicted octanol–water partition coefficient (Wildman–Crippen LogP) is 3.32. The Morgan fingerprint density at radius 1 is 1.12 bits per heavy atom. The Bertz CT molecular complexity index is 782. The number of rotatable bonds is 5. The van der Waals surface area contributed by atoms with Gasteiger partial charge in [0.15, 0.2) is 5.05 Å². The molecular formula is C19H19NO3S. The van der Waals surface area contributed by atoms with E-state index >= 15 is 0 Å². The van der Waals surface area contributed by atoms with Crippen molar-refractivity contribution in [3.8, 4) is 5.75 Å². The van der Waals surface area contributed by atoms with Crippen LogP contribution in [0, 0.1) is 0 Å². The van der Waals surface area contributed by atoms with Gasteiger partial charge in [-0.3, -0.25) is 4.79 Å². The van der Waals surface area contributed by atoms with Gasteiger partial charge in [-0.1, -0.05) is 30.3 Å². The van der Waals surface area contributed by atoms with Crippen LogP contribution in [0.5, 0.6) is 5.75 Å². The van der Waals surface area contributed by atoms with Crippen LogP contribution in [0.15, 0.2) is 48.5 Å². The molecular weight excluding hydrogens is 322 g/mol. The minimum atomic E-state index is 0.0412. The van der Waals surface area contributed by atoms with E-state index in [2.05, 4.69) is 17.4 Å². The summed E-state index contributed by atoms with van der Waals surface area (Å²) in [6.07, 6.45) is 3.60. The van der Waals surface area contributed by atoms with Crippen LogP contribution in [0.1, 0.15) is 30.4 Å². The first kappa shape index (κ1) is 16.5. The van der Waals surface area contributed by atoms with Gasteiger partial charge in [0.25, 0.3) is 0 Å². The minimum absolute atomic E-state index is 0.0412. The van der Waals surface area contributed by atoms with Crippen molar-refractivity contribution >= 4 is 27.9 Å². The first-order chi connectivity index (χ1) is 11.7. The van der Waals surface area contributed by atoms with Crippen LogP contribution in [-0.2, 0) is 28.9 Å². The van der Waals surface area contributed by atoms with Crippen LogP contribution in [0.2, 0.25) is 0 Å². The van der Waals surface area contributed by atoms with Gasteiger partial charge in [0.2, 0.25) is 5.91 Å². The summed E-state index contributed by atoms with van der Waals surface area (Å²) >= 11 is 0.412. The molecule has 1 aliphatic rings. The Morgan fingerprint density at radius 2 is 1.96 bits per heavy atom. The number of benzene rings is 2. The summed E-state index contributed by atoms with van der Waals surface area (Å²) in [6.45, 7) is 0. The fourth-order valence-corrected chi connectivity index (χ4v) is 3.10. The second-order valence-corrected chi connectivity index (χ2v) is 6.39. The van der Waals surface area contributed by atoms with Gasteiger partial charge in [-0.05, 0) is 48.6 Å². The van der Waals surface area contributed by atoms with Crippen molar-refractivity contribution in [1.82, 2.24) is 0 Å². The molecule has 0 bridgehead atoms. The maximum absolute atomic E-state index is 11.4. The van der Waals surface area contributed by atoms with Crippen molar-refractivity contribution < 1.29 is 13.7 Å². The van der Waals surface area contributed by atoms with E-state index in [9.17, 15) is 9.00 Å². The highest BCUT2D eigenvalue weighted by Crippen LogP contribution is 2.27. The molecule has 124 valence electrons. The first-order valence-electron chi connectivity index (χ1n) is 8.05. The molecule has 0 unspecified atom stereocenters. The molecule has 0 aliphatic carbocycles. The van der Waals surface area contributed by atoms with Crippen molar-refractivity contribution in [2.45, 2.75) is 32.1 Å². The summed E-state index contributed by atoms with van der Waals surface area (Å²) in [7, 11) is 0. The van der Waals surface area contributed by atoms with Crippen LogP contribution in [0.3, 0.4) is 0 Å². The zero-order valence-corrected chi connectivity index (χ0v) is 14.1. The molecule has 1 heterocycles. The van der Waals surface area contributed by atoms with E-state index in [-0.39, 0.29) is 5.91 Å². The third-order valence-corrected chi connectivity index (χ3v) is 4.46. The van der Waals surface area contributed by atoms with E-state index in [1.807, 2.05) is 30.3 Å². The van der Waals surface area contributed by atoms with Gasteiger partial charge in [0, 0.05) is 18.5 Å². The van der Waals surface area contributed by atoms with Crippen LogP contribution in [0.25, 0.3) is 0 Å². The SMILES string of the molecule is O=S=C(CCCc1ccccc1)Oc1ccc2c(c1)CCC(=O)N2. The van der Waals surface area contributed by atoms with Crippen molar-refractivity contribution in [2.75, 3.05) is 5.32 Å². The Kier molecular flexibility index (Phi) is 5.43. The van der Waals surface area contributed by atoms with Crippen molar-refractivity contribution in [3.05, 3.63) is 59.7 Å². The smallest absolute Gasteiger partial charge is 0.224 e. The number of hydrogen-bond donors (Lipinski definition) is 1. The van der Waals surface area contributed by atoms with E-state index in [1.54, 1.807) is 6.07 Å². The fourth-order valence-electron chi connectivity index (χ4n) is 2.75. The number of ether oxygens (including phenoxy) is 1. The quantitative estimate of drug-likeness (QED) is 0.849. The van der Waals surface area contributed by atoms with Gasteiger partial charge in [-0.15, -0.1) is 0 Å². The number of carbonyl (C=O) groups is 1. The third-order valence-electron chi connectivity index (χ3n) is 3.99. The molecule has 0 saturated heterocycles. The Balaban J connectivity index is 1.57. The number of aryl methyl sites for hydroxylation is 2. The van der Waals surface area contributed by atoms with Crippen LogP contribution in [-0.4, -0.2) is 15.2 Å². The van der Waals surface area contributed by atoms with E-state index in [4.69, 9.17) is 4.74 Å². The molecule has 0 saturated carbocycles. The molecule has 1 amide bonds. The molecule has 0 spiro atoms. The van der Waals surface area contributed by atoms with Gasteiger partial charge >= 0.3 is 0 Å². The topological polar surface area (TPSA) is 55.4 Å². The number of carbonyl (C=O) groups excluding carboxylic acids is 1. The summed E-state index contributed by atoms with van der Waals surface area (Å²) in [6, 6.07) is 15.7. The minimum Gasteiger partial charge on any atom is -0.448 e. The summed E-state index contributed by atoms with van der Waals surface area (Å²) in [5, 5.41) is 3.32. The molecule has 24 heavy (non-hydrogen) atoms. The molecule has 1 aliphatic heterocycles. The Hall–Kier alpha value is -2.40. The maximum Gasteiger partial charge on any atom is 0.224 e. The molecule has 0 atom stereocenters. The highest BCUT2D eigenvalue weighted by molar-refractivity contribution is 7.66. The van der Waals surface area contributed by atoms with Crippen LogP contribution >= 0.6 is 0 Å². The Morgan fingerprint density at radius 3 is 2.75 bits per heavy atom. The standard InChI is InChI=1S/C19H19NO3S/c21-18-12-9-15-13-16(10-11-17(15)20-18)23-19(24-22)8-4-7-14-5-2-1-3-6-14/h1-3,5-6,10-11,13H,4,7-9,12H2,(H,20,21). The molecule has 0 aromatic heterocycles. The Labute approximate surface area is 144 Å². The summed E-state index contributed by atoms with van der Waals surface area (Å²) in [4.78, 5) is 11.4. The number of anilines is 1. The second kappa shape index (κ2) is 7.93. The molecule has 3 rings (SSSR count).